The number of aromatic nitrogens is 2. The van der Waals surface area contributed by atoms with Crippen molar-refractivity contribution in [2.45, 2.75) is 13.1 Å². The van der Waals surface area contributed by atoms with Gasteiger partial charge < -0.3 is 9.47 Å². The first-order chi connectivity index (χ1) is 17.8. The summed E-state index contributed by atoms with van der Waals surface area (Å²) in [6.07, 6.45) is 5.91. The molecule has 11 heteroatoms. The van der Waals surface area contributed by atoms with Crippen molar-refractivity contribution in [3.8, 4) is 5.69 Å². The molecule has 0 N–H and O–H groups in total. The number of carbonyl (C=O) groups excluding carboxylic acids is 1. The Kier molecular flexibility index (Phi) is 5.94. The second-order valence-electron chi connectivity index (χ2n) is 8.36. The topological polar surface area (TPSA) is 128 Å². The molecule has 1 unspecified atom stereocenters. The fourth-order valence-corrected chi connectivity index (χ4v) is 4.15. The Hall–Kier alpha value is -5.32. The number of nitrogens with zero attached hydrogens (tertiary/aromatic N) is 6. The number of carbonyl (C=O) groups is 1. The Balaban J connectivity index is 1.58. The average molecular weight is 496 g/mol. The van der Waals surface area contributed by atoms with Gasteiger partial charge in [-0.05, 0) is 43.3 Å². The molecule has 4 aromatic rings. The van der Waals surface area contributed by atoms with Crippen molar-refractivity contribution < 1.29 is 14.6 Å². The van der Waals surface area contributed by atoms with E-state index in [2.05, 4.69) is 4.98 Å². The highest BCUT2D eigenvalue weighted by atomic mass is 16.6. The molecule has 184 valence electrons. The highest BCUT2D eigenvalue weighted by Gasteiger charge is 2.37. The molecule has 0 aliphatic carbocycles. The van der Waals surface area contributed by atoms with Crippen LogP contribution in [-0.4, -0.2) is 30.2 Å². The lowest BCUT2D eigenvalue weighted by Crippen LogP contribution is -2.36. The summed E-state index contributed by atoms with van der Waals surface area (Å²) in [5, 5.41) is 22.2. The molecule has 1 atom stereocenters. The van der Waals surface area contributed by atoms with Crippen LogP contribution in [0.1, 0.15) is 27.9 Å². The van der Waals surface area contributed by atoms with Crippen LogP contribution in [0.5, 0.6) is 0 Å². The van der Waals surface area contributed by atoms with Gasteiger partial charge in [-0.3, -0.25) is 29.9 Å². The Labute approximate surface area is 210 Å². The van der Waals surface area contributed by atoms with Gasteiger partial charge in [0.2, 0.25) is 0 Å². The third-order valence-corrected chi connectivity index (χ3v) is 6.05. The predicted molar refractivity (Wildman–Crippen MR) is 135 cm³/mol. The lowest BCUT2D eigenvalue weighted by Gasteiger charge is -2.31. The van der Waals surface area contributed by atoms with Crippen molar-refractivity contribution in [2.75, 3.05) is 4.90 Å². The molecule has 0 saturated heterocycles. The summed E-state index contributed by atoms with van der Waals surface area (Å²) < 4.78 is 1.75. The Bertz CT molecular complexity index is 1510. The van der Waals surface area contributed by atoms with E-state index in [1.54, 1.807) is 70.7 Å². The maximum absolute atomic E-state index is 13.6. The highest BCUT2D eigenvalue weighted by Crippen LogP contribution is 2.37. The first-order valence-corrected chi connectivity index (χ1v) is 11.2. The summed E-state index contributed by atoms with van der Waals surface area (Å²) in [6.45, 7) is 1.93. The van der Waals surface area contributed by atoms with Crippen LogP contribution in [0.4, 0.5) is 17.1 Å². The van der Waals surface area contributed by atoms with Crippen molar-refractivity contribution in [1.82, 2.24) is 14.5 Å². The summed E-state index contributed by atoms with van der Waals surface area (Å²) in [5.41, 5.74) is 2.64. The van der Waals surface area contributed by atoms with E-state index in [1.165, 1.54) is 29.2 Å². The van der Waals surface area contributed by atoms with Gasteiger partial charge >= 0.3 is 0 Å². The second-order valence-corrected chi connectivity index (χ2v) is 8.36. The van der Waals surface area contributed by atoms with E-state index in [0.29, 0.717) is 22.8 Å². The third kappa shape index (κ3) is 4.41. The molecule has 1 aliphatic rings. The van der Waals surface area contributed by atoms with Crippen LogP contribution in [0.2, 0.25) is 0 Å². The van der Waals surface area contributed by atoms with Crippen molar-refractivity contribution >= 4 is 23.0 Å². The largest absolute Gasteiger partial charge is 0.319 e. The van der Waals surface area contributed by atoms with Gasteiger partial charge in [-0.15, -0.1) is 0 Å². The molecular weight excluding hydrogens is 476 g/mol. The lowest BCUT2D eigenvalue weighted by molar-refractivity contribution is -0.385. The van der Waals surface area contributed by atoms with Crippen molar-refractivity contribution in [3.63, 3.8) is 0 Å². The Morgan fingerprint density at radius 3 is 1.95 bits per heavy atom. The number of imidazole rings is 1. The van der Waals surface area contributed by atoms with Crippen LogP contribution in [0.3, 0.4) is 0 Å². The number of aryl methyl sites for hydroxylation is 1. The van der Waals surface area contributed by atoms with Gasteiger partial charge in [-0.1, -0.05) is 17.7 Å². The Morgan fingerprint density at radius 1 is 0.811 bits per heavy atom. The lowest BCUT2D eigenvalue weighted by atomic mass is 10.1. The van der Waals surface area contributed by atoms with Crippen LogP contribution >= 0.6 is 0 Å². The van der Waals surface area contributed by atoms with Gasteiger partial charge in [0.15, 0.2) is 12.0 Å². The second kappa shape index (κ2) is 9.38. The molecule has 0 radical (unpaired) electrons. The highest BCUT2D eigenvalue weighted by molar-refractivity contribution is 5.96. The SMILES string of the molecule is Cc1ccc(C(=O)N2C=CN(c3ccc([N+](=O)[O-])cc3)C2c2nccn2-c2ccc([N+](=O)[O-])cc2)cc1. The molecule has 1 aliphatic heterocycles. The van der Waals surface area contributed by atoms with Crippen LogP contribution < -0.4 is 4.90 Å². The van der Waals surface area contributed by atoms with E-state index in [4.69, 9.17) is 0 Å². The van der Waals surface area contributed by atoms with E-state index in [1.807, 2.05) is 19.1 Å². The maximum Gasteiger partial charge on any atom is 0.269 e. The number of nitro groups is 2. The van der Waals surface area contributed by atoms with Crippen molar-refractivity contribution in [1.29, 1.82) is 0 Å². The first-order valence-electron chi connectivity index (χ1n) is 11.2. The van der Waals surface area contributed by atoms with E-state index < -0.39 is 16.0 Å². The van der Waals surface area contributed by atoms with E-state index in [9.17, 15) is 25.0 Å². The zero-order valence-corrected chi connectivity index (χ0v) is 19.5. The zero-order chi connectivity index (χ0) is 26.1. The molecule has 37 heavy (non-hydrogen) atoms. The van der Waals surface area contributed by atoms with Gasteiger partial charge in [0.1, 0.15) is 0 Å². The molecule has 0 fully saturated rings. The molecule has 0 spiro atoms. The fraction of sp³-hybridized carbons (Fsp3) is 0.0769. The van der Waals surface area contributed by atoms with Gasteiger partial charge in [0.05, 0.1) is 9.85 Å². The summed E-state index contributed by atoms with van der Waals surface area (Å²) in [7, 11) is 0. The molecule has 0 bridgehead atoms. The molecule has 1 amide bonds. The molecule has 2 heterocycles. The van der Waals surface area contributed by atoms with Crippen molar-refractivity contribution in [3.05, 3.63) is 135 Å². The molecule has 0 saturated carbocycles. The van der Waals surface area contributed by atoms with Gasteiger partial charge in [-0.25, -0.2) is 4.98 Å². The van der Waals surface area contributed by atoms with Crippen molar-refractivity contribution in [2.24, 2.45) is 0 Å². The van der Waals surface area contributed by atoms with Crippen LogP contribution in [-0.2, 0) is 0 Å². The number of rotatable bonds is 6. The minimum atomic E-state index is -0.736. The normalized spacial score (nSPS) is 14.7. The van der Waals surface area contributed by atoms with Crippen LogP contribution in [0, 0.1) is 27.2 Å². The zero-order valence-electron chi connectivity index (χ0n) is 19.5. The molecule has 1 aromatic heterocycles. The number of anilines is 1. The van der Waals surface area contributed by atoms with Gasteiger partial charge in [-0.2, -0.15) is 0 Å². The standard InChI is InChI=1S/C26H20N6O5/c1-18-2-4-19(5-3-18)26(33)30-17-16-29(21-8-12-23(13-9-21)32(36)37)25(30)24-27-14-15-28(24)20-6-10-22(11-7-20)31(34)35/h2-17,25H,1H3. The van der Waals surface area contributed by atoms with E-state index in [0.717, 1.165) is 5.56 Å². The molecule has 11 nitrogen and oxygen atoms in total. The maximum atomic E-state index is 13.6. The van der Waals surface area contributed by atoms with E-state index in [-0.39, 0.29) is 17.3 Å². The summed E-state index contributed by atoms with van der Waals surface area (Å²) in [5.74, 6) is 0.210. The number of hydrogen-bond acceptors (Lipinski definition) is 7. The summed E-state index contributed by atoms with van der Waals surface area (Å²) in [4.78, 5) is 42.8. The van der Waals surface area contributed by atoms with Gasteiger partial charge in [0, 0.05) is 66.0 Å². The number of benzene rings is 3. The molecule has 5 rings (SSSR count). The van der Waals surface area contributed by atoms with E-state index >= 15 is 0 Å². The average Bonchev–Trinajstić information content (AvgIpc) is 3.56. The monoisotopic (exact) mass is 496 g/mol. The number of nitro benzene ring substituents is 2. The first kappa shape index (κ1) is 23.4. The van der Waals surface area contributed by atoms with Crippen LogP contribution in [0.25, 0.3) is 5.69 Å². The summed E-state index contributed by atoms with van der Waals surface area (Å²) >= 11 is 0. The van der Waals surface area contributed by atoms with Crippen LogP contribution in [0.15, 0.2) is 97.6 Å². The fourth-order valence-electron chi connectivity index (χ4n) is 4.15. The number of amides is 1. The smallest absolute Gasteiger partial charge is 0.269 e. The minimum absolute atomic E-state index is 0.0448. The molecular formula is C26H20N6O5. The molecule has 3 aromatic carbocycles. The Morgan fingerprint density at radius 2 is 1.38 bits per heavy atom. The van der Waals surface area contributed by atoms with Gasteiger partial charge in [0.25, 0.3) is 17.3 Å². The quantitative estimate of drug-likeness (QED) is 0.267. The summed E-state index contributed by atoms with van der Waals surface area (Å²) in [6, 6.07) is 19.2. The minimum Gasteiger partial charge on any atom is -0.319 e. The predicted octanol–water partition coefficient (Wildman–Crippen LogP) is 5.13. The number of non-ortho nitro benzene ring substituents is 2. The number of hydrogen-bond donors (Lipinski definition) is 0. The third-order valence-electron chi connectivity index (χ3n) is 6.05.